The van der Waals surface area contributed by atoms with Gasteiger partial charge in [-0.25, -0.2) is 9.78 Å². The summed E-state index contributed by atoms with van der Waals surface area (Å²) < 4.78 is 4.94. The van der Waals surface area contributed by atoms with Crippen molar-refractivity contribution >= 4 is 23.3 Å². The van der Waals surface area contributed by atoms with Gasteiger partial charge in [0.1, 0.15) is 5.69 Å². The molecule has 0 aliphatic carbocycles. The summed E-state index contributed by atoms with van der Waals surface area (Å²) in [6.45, 7) is 6.10. The second kappa shape index (κ2) is 6.01. The third-order valence-electron chi connectivity index (χ3n) is 3.04. The predicted molar refractivity (Wildman–Crippen MR) is 71.3 cm³/mol. The molecule has 104 valence electrons. The maximum absolute atomic E-state index is 12.2. The number of carbonyl (C=O) groups excluding carboxylic acids is 2. The highest BCUT2D eigenvalue weighted by Gasteiger charge is 2.27. The van der Waals surface area contributed by atoms with Crippen LogP contribution in [0.25, 0.3) is 0 Å². The molecular formula is C12H17N3O3S. The quantitative estimate of drug-likeness (QED) is 0.822. The number of aryl methyl sites for hydroxylation is 1. The number of thiazole rings is 1. The molecule has 0 atom stereocenters. The SMILES string of the molecule is CCOC(=O)N1CCN(C(=O)c2ncsc2C)CC1. The fourth-order valence-corrected chi connectivity index (χ4v) is 2.54. The lowest BCUT2D eigenvalue weighted by molar-refractivity contribution is 0.0566. The lowest BCUT2D eigenvalue weighted by Gasteiger charge is -2.33. The van der Waals surface area contributed by atoms with E-state index < -0.39 is 0 Å². The molecule has 6 nitrogen and oxygen atoms in total. The van der Waals surface area contributed by atoms with E-state index in [2.05, 4.69) is 4.98 Å². The van der Waals surface area contributed by atoms with Crippen molar-refractivity contribution < 1.29 is 14.3 Å². The number of hydrogen-bond donors (Lipinski definition) is 0. The number of amides is 2. The first kappa shape index (κ1) is 13.8. The van der Waals surface area contributed by atoms with Gasteiger partial charge in [-0.1, -0.05) is 0 Å². The molecule has 1 saturated heterocycles. The first-order valence-corrected chi connectivity index (χ1v) is 7.12. The molecule has 2 heterocycles. The van der Waals surface area contributed by atoms with Crippen LogP contribution in [0.4, 0.5) is 4.79 Å². The molecule has 7 heteroatoms. The van der Waals surface area contributed by atoms with Crippen molar-refractivity contribution in [2.24, 2.45) is 0 Å². The van der Waals surface area contributed by atoms with E-state index in [1.54, 1.807) is 22.2 Å². The topological polar surface area (TPSA) is 62.7 Å². The van der Waals surface area contributed by atoms with Crippen LogP contribution in [0.1, 0.15) is 22.3 Å². The van der Waals surface area contributed by atoms with Crippen molar-refractivity contribution in [1.29, 1.82) is 0 Å². The number of nitrogens with zero attached hydrogens (tertiary/aromatic N) is 3. The van der Waals surface area contributed by atoms with E-state index in [0.29, 0.717) is 38.5 Å². The maximum atomic E-state index is 12.2. The van der Waals surface area contributed by atoms with Crippen molar-refractivity contribution in [2.75, 3.05) is 32.8 Å². The zero-order valence-corrected chi connectivity index (χ0v) is 11.9. The van der Waals surface area contributed by atoms with Crippen LogP contribution in [-0.4, -0.2) is 59.6 Å². The van der Waals surface area contributed by atoms with Crippen LogP contribution < -0.4 is 0 Å². The summed E-state index contributed by atoms with van der Waals surface area (Å²) in [5, 5.41) is 0. The molecule has 0 saturated carbocycles. The first-order valence-electron chi connectivity index (χ1n) is 6.24. The Kier molecular flexibility index (Phi) is 4.36. The van der Waals surface area contributed by atoms with Crippen molar-refractivity contribution in [3.63, 3.8) is 0 Å². The largest absolute Gasteiger partial charge is 0.450 e. The normalized spacial score (nSPS) is 15.5. The number of piperazine rings is 1. The molecule has 1 aliphatic heterocycles. The Balaban J connectivity index is 1.92. The zero-order chi connectivity index (χ0) is 13.8. The molecular weight excluding hydrogens is 266 g/mol. The third kappa shape index (κ3) is 3.04. The first-order chi connectivity index (χ1) is 9.13. The van der Waals surface area contributed by atoms with Crippen molar-refractivity contribution in [3.8, 4) is 0 Å². The molecule has 1 fully saturated rings. The fourth-order valence-electron chi connectivity index (χ4n) is 1.97. The van der Waals surface area contributed by atoms with Crippen LogP contribution >= 0.6 is 11.3 Å². The molecule has 0 radical (unpaired) electrons. The highest BCUT2D eigenvalue weighted by Crippen LogP contribution is 2.15. The average Bonchev–Trinajstić information content (AvgIpc) is 2.84. The summed E-state index contributed by atoms with van der Waals surface area (Å²) >= 11 is 1.47. The molecule has 0 bridgehead atoms. The third-order valence-corrected chi connectivity index (χ3v) is 3.80. The van der Waals surface area contributed by atoms with Gasteiger partial charge < -0.3 is 14.5 Å². The van der Waals surface area contributed by atoms with Crippen molar-refractivity contribution in [3.05, 3.63) is 16.1 Å². The summed E-state index contributed by atoms with van der Waals surface area (Å²) in [5.41, 5.74) is 2.20. The summed E-state index contributed by atoms with van der Waals surface area (Å²) in [7, 11) is 0. The van der Waals surface area contributed by atoms with Crippen LogP contribution in [-0.2, 0) is 4.74 Å². The van der Waals surface area contributed by atoms with Gasteiger partial charge in [0, 0.05) is 31.1 Å². The van der Waals surface area contributed by atoms with Gasteiger partial charge in [-0.2, -0.15) is 0 Å². The second-order valence-electron chi connectivity index (χ2n) is 4.24. The van der Waals surface area contributed by atoms with E-state index in [9.17, 15) is 9.59 Å². The molecule has 19 heavy (non-hydrogen) atoms. The van der Waals surface area contributed by atoms with Crippen LogP contribution in [0.15, 0.2) is 5.51 Å². The smallest absolute Gasteiger partial charge is 0.409 e. The summed E-state index contributed by atoms with van der Waals surface area (Å²) in [6.07, 6.45) is -0.306. The molecule has 2 amide bonds. The second-order valence-corrected chi connectivity index (χ2v) is 5.29. The number of aromatic nitrogens is 1. The Morgan fingerprint density at radius 2 is 1.95 bits per heavy atom. The molecule has 1 aromatic rings. The lowest BCUT2D eigenvalue weighted by Crippen LogP contribution is -2.50. The number of carbonyl (C=O) groups is 2. The number of rotatable bonds is 2. The van der Waals surface area contributed by atoms with E-state index >= 15 is 0 Å². The van der Waals surface area contributed by atoms with Gasteiger partial charge in [0.2, 0.25) is 0 Å². The highest BCUT2D eigenvalue weighted by atomic mass is 32.1. The molecule has 0 spiro atoms. The van der Waals surface area contributed by atoms with Crippen molar-refractivity contribution in [1.82, 2.24) is 14.8 Å². The van der Waals surface area contributed by atoms with Gasteiger partial charge in [0.15, 0.2) is 0 Å². The van der Waals surface area contributed by atoms with Gasteiger partial charge in [-0.15, -0.1) is 11.3 Å². The van der Waals surface area contributed by atoms with Crippen molar-refractivity contribution in [2.45, 2.75) is 13.8 Å². The van der Waals surface area contributed by atoms with Crippen LogP contribution in [0.5, 0.6) is 0 Å². The Bertz CT molecular complexity index is 467. The number of hydrogen-bond acceptors (Lipinski definition) is 5. The van der Waals surface area contributed by atoms with E-state index in [0.717, 1.165) is 4.88 Å². The average molecular weight is 283 g/mol. The predicted octanol–water partition coefficient (Wildman–Crippen LogP) is 1.37. The van der Waals surface area contributed by atoms with Gasteiger partial charge in [-0.3, -0.25) is 4.79 Å². The summed E-state index contributed by atoms with van der Waals surface area (Å²) in [5.74, 6) is -0.0535. The molecule has 1 aromatic heterocycles. The Hall–Kier alpha value is -1.63. The molecule has 0 N–H and O–H groups in total. The number of ether oxygens (including phenoxy) is 1. The Labute approximate surface area is 116 Å². The van der Waals surface area contributed by atoms with Gasteiger partial charge in [-0.05, 0) is 13.8 Å². The highest BCUT2D eigenvalue weighted by molar-refractivity contribution is 7.09. The minimum Gasteiger partial charge on any atom is -0.450 e. The minimum absolute atomic E-state index is 0.0535. The summed E-state index contributed by atoms with van der Waals surface area (Å²) in [4.78, 5) is 32.2. The van der Waals surface area contributed by atoms with E-state index in [1.807, 2.05) is 6.92 Å². The van der Waals surface area contributed by atoms with Crippen LogP contribution in [0, 0.1) is 6.92 Å². The lowest BCUT2D eigenvalue weighted by atomic mass is 10.2. The Morgan fingerprint density at radius 3 is 2.47 bits per heavy atom. The molecule has 0 aromatic carbocycles. The molecule has 2 rings (SSSR count). The van der Waals surface area contributed by atoms with Crippen LogP contribution in [0.2, 0.25) is 0 Å². The maximum Gasteiger partial charge on any atom is 0.409 e. The van der Waals surface area contributed by atoms with E-state index in [4.69, 9.17) is 4.74 Å². The van der Waals surface area contributed by atoms with Gasteiger partial charge in [0.05, 0.1) is 12.1 Å². The molecule has 0 unspecified atom stereocenters. The minimum atomic E-state index is -0.306. The molecule has 1 aliphatic rings. The van der Waals surface area contributed by atoms with E-state index in [-0.39, 0.29) is 12.0 Å². The fraction of sp³-hybridized carbons (Fsp3) is 0.583. The van der Waals surface area contributed by atoms with Crippen LogP contribution in [0.3, 0.4) is 0 Å². The Morgan fingerprint density at radius 1 is 1.32 bits per heavy atom. The van der Waals surface area contributed by atoms with Gasteiger partial charge >= 0.3 is 6.09 Å². The summed E-state index contributed by atoms with van der Waals surface area (Å²) in [6, 6.07) is 0. The van der Waals surface area contributed by atoms with E-state index in [1.165, 1.54) is 11.3 Å². The standard InChI is InChI=1S/C12H17N3O3S/c1-3-18-12(17)15-6-4-14(5-7-15)11(16)10-9(2)19-8-13-10/h8H,3-7H2,1-2H3. The monoisotopic (exact) mass is 283 g/mol. The van der Waals surface area contributed by atoms with Gasteiger partial charge in [0.25, 0.3) is 5.91 Å². The zero-order valence-electron chi connectivity index (χ0n) is 11.1.